The number of carboxylic acids is 1. The van der Waals surface area contributed by atoms with Gasteiger partial charge in [-0.25, -0.2) is 4.79 Å². The monoisotopic (exact) mass is 424 g/mol. The Kier molecular flexibility index (Phi) is 9.57. The molecule has 2 rings (SSSR count). The van der Waals surface area contributed by atoms with Crippen LogP contribution in [0.5, 0.6) is 0 Å². The van der Waals surface area contributed by atoms with E-state index < -0.39 is 5.97 Å². The van der Waals surface area contributed by atoms with Crippen LogP contribution in [0.3, 0.4) is 0 Å². The Hall–Kier alpha value is -2.82. The summed E-state index contributed by atoms with van der Waals surface area (Å²) in [5.74, 6) is -1.13. The maximum Gasteiger partial charge on any atom is 0.337 e. The third-order valence-electron chi connectivity index (χ3n) is 5.26. The third kappa shape index (κ3) is 6.09. The highest BCUT2D eigenvalue weighted by Crippen LogP contribution is 2.34. The first-order chi connectivity index (χ1) is 15.0. The fraction of sp³-hybridized carbons (Fsp3) is 0.462. The molecule has 0 aliphatic carbocycles. The molecular weight excluding hydrogens is 388 g/mol. The van der Waals surface area contributed by atoms with Gasteiger partial charge in [0.2, 0.25) is 0 Å². The predicted molar refractivity (Wildman–Crippen MR) is 129 cm³/mol. The first-order valence-corrected chi connectivity index (χ1v) is 11.5. The van der Waals surface area contributed by atoms with Crippen molar-refractivity contribution in [2.24, 2.45) is 0 Å². The predicted octanol–water partition coefficient (Wildman–Crippen LogP) is 5.87. The summed E-state index contributed by atoms with van der Waals surface area (Å²) in [5, 5.41) is 10.1. The van der Waals surface area contributed by atoms with Crippen molar-refractivity contribution in [3.05, 3.63) is 59.2 Å². The van der Waals surface area contributed by atoms with Crippen LogP contribution in [0.15, 0.2) is 42.5 Å². The van der Waals surface area contributed by atoms with Gasteiger partial charge in [0.25, 0.3) is 0 Å². The average Bonchev–Trinajstić information content (AvgIpc) is 2.78. The van der Waals surface area contributed by atoms with E-state index >= 15 is 0 Å². The van der Waals surface area contributed by atoms with Gasteiger partial charge in [0, 0.05) is 43.0 Å². The normalized spacial score (nSPS) is 10.7. The minimum Gasteiger partial charge on any atom is -0.478 e. The average molecular weight is 425 g/mol. The Balaban J connectivity index is 2.78. The summed E-state index contributed by atoms with van der Waals surface area (Å²) in [5.41, 5.74) is 2.60. The molecule has 1 N–H and O–H groups in total. The van der Waals surface area contributed by atoms with E-state index in [0.29, 0.717) is 29.9 Å². The van der Waals surface area contributed by atoms with Crippen molar-refractivity contribution < 1.29 is 14.7 Å². The molecule has 0 amide bonds. The summed E-state index contributed by atoms with van der Waals surface area (Å²) in [6, 6.07) is 12.8. The van der Waals surface area contributed by atoms with E-state index in [1.807, 2.05) is 24.3 Å². The number of carbonyl (C=O) groups is 2. The van der Waals surface area contributed by atoms with Crippen LogP contribution in [-0.4, -0.2) is 43.0 Å². The van der Waals surface area contributed by atoms with Crippen LogP contribution in [0.1, 0.15) is 79.7 Å². The van der Waals surface area contributed by atoms with E-state index in [9.17, 15) is 14.7 Å². The van der Waals surface area contributed by atoms with Crippen molar-refractivity contribution in [1.29, 1.82) is 0 Å². The van der Waals surface area contributed by atoms with Gasteiger partial charge in [-0.05, 0) is 37.8 Å². The summed E-state index contributed by atoms with van der Waals surface area (Å²) in [6.45, 7) is 11.4. The molecule has 0 spiro atoms. The van der Waals surface area contributed by atoms with Gasteiger partial charge in [-0.1, -0.05) is 58.0 Å². The summed E-state index contributed by atoms with van der Waals surface area (Å²) in [4.78, 5) is 30.2. The number of nitrogens with zero attached hydrogens (tertiary/aromatic N) is 2. The van der Waals surface area contributed by atoms with Gasteiger partial charge in [-0.3, -0.25) is 4.79 Å². The van der Waals surface area contributed by atoms with Crippen molar-refractivity contribution in [3.63, 3.8) is 0 Å². The molecule has 0 aromatic heterocycles. The molecule has 31 heavy (non-hydrogen) atoms. The molecule has 0 aliphatic heterocycles. The van der Waals surface area contributed by atoms with Gasteiger partial charge in [0.15, 0.2) is 5.78 Å². The number of rotatable bonds is 13. The fourth-order valence-electron chi connectivity index (χ4n) is 4.01. The molecule has 0 fully saturated rings. The molecule has 2 aromatic rings. The molecule has 5 nitrogen and oxygen atoms in total. The van der Waals surface area contributed by atoms with E-state index in [-0.39, 0.29) is 11.3 Å². The molecule has 0 saturated heterocycles. The zero-order valence-electron chi connectivity index (χ0n) is 19.4. The molecule has 0 unspecified atom stereocenters. The van der Waals surface area contributed by atoms with Gasteiger partial charge < -0.3 is 14.9 Å². The molecule has 0 bridgehead atoms. The summed E-state index contributed by atoms with van der Waals surface area (Å²) in [7, 11) is 0. The van der Waals surface area contributed by atoms with E-state index in [1.165, 1.54) is 0 Å². The van der Waals surface area contributed by atoms with E-state index in [0.717, 1.165) is 44.5 Å². The van der Waals surface area contributed by atoms with E-state index in [4.69, 9.17) is 0 Å². The van der Waals surface area contributed by atoms with Crippen molar-refractivity contribution in [2.75, 3.05) is 36.0 Å². The molecule has 0 radical (unpaired) electrons. The molecular formula is C26H36N2O3. The lowest BCUT2D eigenvalue weighted by Gasteiger charge is -2.30. The lowest BCUT2D eigenvalue weighted by molar-refractivity contribution is 0.0697. The number of anilines is 2. The Labute approximate surface area is 186 Å². The number of ketones is 1. The molecule has 0 aliphatic rings. The zero-order valence-corrected chi connectivity index (χ0v) is 19.4. The Bertz CT molecular complexity index is 852. The van der Waals surface area contributed by atoms with Crippen molar-refractivity contribution >= 4 is 23.1 Å². The fourth-order valence-corrected chi connectivity index (χ4v) is 4.01. The van der Waals surface area contributed by atoms with Crippen molar-refractivity contribution in [3.8, 4) is 0 Å². The van der Waals surface area contributed by atoms with Crippen LogP contribution in [0.2, 0.25) is 0 Å². The highest BCUT2D eigenvalue weighted by molar-refractivity contribution is 6.15. The largest absolute Gasteiger partial charge is 0.478 e. The Morgan fingerprint density at radius 1 is 0.742 bits per heavy atom. The number of aromatic carboxylic acids is 1. The van der Waals surface area contributed by atoms with Crippen LogP contribution < -0.4 is 9.80 Å². The molecule has 168 valence electrons. The van der Waals surface area contributed by atoms with Crippen LogP contribution in [-0.2, 0) is 0 Å². The maximum absolute atomic E-state index is 13.6. The highest BCUT2D eigenvalue weighted by atomic mass is 16.4. The topological polar surface area (TPSA) is 60.9 Å². The van der Waals surface area contributed by atoms with E-state index in [2.05, 4.69) is 37.5 Å². The van der Waals surface area contributed by atoms with Crippen molar-refractivity contribution in [2.45, 2.75) is 53.4 Å². The number of hydrogen-bond acceptors (Lipinski definition) is 4. The maximum atomic E-state index is 13.6. The second kappa shape index (κ2) is 12.1. The highest BCUT2D eigenvalue weighted by Gasteiger charge is 2.26. The third-order valence-corrected chi connectivity index (χ3v) is 5.26. The summed E-state index contributed by atoms with van der Waals surface area (Å²) in [6.07, 6.45) is 3.64. The van der Waals surface area contributed by atoms with E-state index in [1.54, 1.807) is 18.2 Å². The van der Waals surface area contributed by atoms with Crippen LogP contribution in [0, 0.1) is 0 Å². The van der Waals surface area contributed by atoms with Gasteiger partial charge in [0.1, 0.15) is 0 Å². The molecule has 0 atom stereocenters. The van der Waals surface area contributed by atoms with Crippen molar-refractivity contribution in [1.82, 2.24) is 0 Å². The zero-order chi connectivity index (χ0) is 22.8. The minimum absolute atomic E-state index is 0.134. The molecule has 5 heteroatoms. The lowest BCUT2D eigenvalue weighted by atomic mass is 9.96. The Morgan fingerprint density at radius 2 is 1.23 bits per heavy atom. The first-order valence-electron chi connectivity index (χ1n) is 11.5. The van der Waals surface area contributed by atoms with Gasteiger partial charge in [-0.15, -0.1) is 0 Å². The molecule has 0 saturated carbocycles. The van der Waals surface area contributed by atoms with Crippen LogP contribution in [0.4, 0.5) is 11.4 Å². The minimum atomic E-state index is -0.996. The quantitative estimate of drug-likeness (QED) is 0.408. The number of carboxylic acid groups (broad SMARTS) is 1. The van der Waals surface area contributed by atoms with Gasteiger partial charge in [-0.2, -0.15) is 0 Å². The SMILES string of the molecule is CCCN(CCC)c1cc(C(=O)O)c(N(CCC)CCC)c(C(=O)c2ccccc2)c1. The van der Waals surface area contributed by atoms with Gasteiger partial charge in [0.05, 0.1) is 11.3 Å². The number of carbonyl (C=O) groups excluding carboxylic acids is 1. The molecule has 0 heterocycles. The first kappa shape index (κ1) is 24.4. The van der Waals surface area contributed by atoms with Gasteiger partial charge >= 0.3 is 5.97 Å². The Morgan fingerprint density at radius 3 is 1.71 bits per heavy atom. The second-order valence-corrected chi connectivity index (χ2v) is 7.86. The lowest BCUT2D eigenvalue weighted by Crippen LogP contribution is -2.30. The smallest absolute Gasteiger partial charge is 0.337 e. The number of benzene rings is 2. The van der Waals surface area contributed by atoms with Crippen LogP contribution in [0.25, 0.3) is 0 Å². The summed E-state index contributed by atoms with van der Waals surface area (Å²) >= 11 is 0. The molecule has 2 aromatic carbocycles. The second-order valence-electron chi connectivity index (χ2n) is 7.86. The summed E-state index contributed by atoms with van der Waals surface area (Å²) < 4.78 is 0. The van der Waals surface area contributed by atoms with Crippen LogP contribution >= 0.6 is 0 Å². The standard InChI is InChI=1S/C26H36N2O3/c1-5-14-27(15-6-2)21-18-22(25(29)20-12-10-9-11-13-20)24(23(19-21)26(30)31)28(16-7-3)17-8-4/h9-13,18-19H,5-8,14-17H2,1-4H3,(H,30,31). The number of hydrogen-bond donors (Lipinski definition) is 1.